The molecule has 40 heavy (non-hydrogen) atoms. The Balaban J connectivity index is 0.00000560. The Morgan fingerprint density at radius 3 is 2.08 bits per heavy atom. The number of amides is 1. The second kappa shape index (κ2) is 20.7. The van der Waals surface area contributed by atoms with Crippen molar-refractivity contribution >= 4 is 22.9 Å². The van der Waals surface area contributed by atoms with Crippen molar-refractivity contribution in [1.82, 2.24) is 0 Å². The van der Waals surface area contributed by atoms with Crippen LogP contribution in [0.15, 0.2) is 65.6 Å². The molecule has 0 spiro atoms. The van der Waals surface area contributed by atoms with Gasteiger partial charge in [0.25, 0.3) is 0 Å². The summed E-state index contributed by atoms with van der Waals surface area (Å²) in [6.07, 6.45) is 18.7. The topological polar surface area (TPSA) is 33.4 Å². The lowest BCUT2D eigenvalue weighted by Crippen LogP contribution is -3.00. The molecule has 3 rings (SSSR count). The van der Waals surface area contributed by atoms with E-state index < -0.39 is 0 Å². The Labute approximate surface area is 257 Å². The van der Waals surface area contributed by atoms with Gasteiger partial charge in [0.15, 0.2) is 12.7 Å². The predicted octanol–water partition coefficient (Wildman–Crippen LogP) is 6.11. The largest absolute Gasteiger partial charge is 1.00 e. The van der Waals surface area contributed by atoms with Crippen LogP contribution in [-0.4, -0.2) is 12.5 Å². The number of thiazole rings is 1. The number of halogens is 1. The molecule has 0 saturated heterocycles. The van der Waals surface area contributed by atoms with Crippen molar-refractivity contribution < 1.29 is 31.1 Å². The highest BCUT2D eigenvalue weighted by molar-refractivity contribution is 7.07. The van der Waals surface area contributed by atoms with E-state index in [9.17, 15) is 4.79 Å². The molecule has 0 aliphatic heterocycles. The van der Waals surface area contributed by atoms with E-state index in [1.54, 1.807) is 11.3 Å². The minimum Gasteiger partial charge on any atom is -1.00 e. The van der Waals surface area contributed by atoms with Crippen LogP contribution in [0.1, 0.15) is 108 Å². The minimum absolute atomic E-state index is 0. The van der Waals surface area contributed by atoms with Crippen LogP contribution < -0.4 is 31.2 Å². The van der Waals surface area contributed by atoms with Crippen molar-refractivity contribution in [2.75, 3.05) is 11.5 Å². The van der Waals surface area contributed by atoms with E-state index in [0.29, 0.717) is 13.0 Å². The predicted molar refractivity (Wildman–Crippen MR) is 165 cm³/mol. The first-order valence-corrected chi connectivity index (χ1v) is 16.2. The molecule has 0 atom stereocenters. The summed E-state index contributed by atoms with van der Waals surface area (Å²) in [6.45, 7) is 6.33. The molecular weight excluding hydrogens is 580 g/mol. The zero-order valence-electron chi connectivity index (χ0n) is 24.7. The fourth-order valence-electron chi connectivity index (χ4n) is 4.91. The standard InChI is InChI=1S/C34H49N2O2S.BrH/c1-3-5-6-7-8-9-10-11-12-13-14-15-24-38-33-18-16-17-31(26-33)28-36(34(37)4-2)32-21-19-30(20-22-32)27-35-23-25-39-29-35;/h16-23,25-26,29H,3-15,24,27-28H2,1-2H3;1H/q+1;/p-1. The van der Waals surface area contributed by atoms with Gasteiger partial charge in [-0.1, -0.05) is 120 Å². The number of hydrogen-bond acceptors (Lipinski definition) is 3. The van der Waals surface area contributed by atoms with Gasteiger partial charge < -0.3 is 26.6 Å². The summed E-state index contributed by atoms with van der Waals surface area (Å²) in [4.78, 5) is 14.7. The molecule has 4 nitrogen and oxygen atoms in total. The first-order valence-electron chi connectivity index (χ1n) is 15.2. The molecule has 0 fully saturated rings. The van der Waals surface area contributed by atoms with Gasteiger partial charge in [0.2, 0.25) is 11.4 Å². The number of nitrogens with zero attached hydrogens (tertiary/aromatic N) is 2. The minimum atomic E-state index is 0. The number of rotatable bonds is 20. The maximum absolute atomic E-state index is 12.8. The lowest BCUT2D eigenvalue weighted by Gasteiger charge is -2.23. The fraction of sp³-hybridized carbons (Fsp3) is 0.529. The average Bonchev–Trinajstić information content (AvgIpc) is 3.48. The third kappa shape index (κ3) is 13.0. The second-order valence-electron chi connectivity index (χ2n) is 10.6. The summed E-state index contributed by atoms with van der Waals surface area (Å²) < 4.78 is 8.24. The van der Waals surface area contributed by atoms with Crippen LogP contribution in [0.25, 0.3) is 0 Å². The monoisotopic (exact) mass is 628 g/mol. The van der Waals surface area contributed by atoms with E-state index in [2.05, 4.69) is 65.0 Å². The summed E-state index contributed by atoms with van der Waals surface area (Å²) in [6, 6.07) is 16.6. The Bertz CT molecular complexity index is 1060. The third-order valence-corrected chi connectivity index (χ3v) is 7.92. The van der Waals surface area contributed by atoms with E-state index in [-0.39, 0.29) is 22.9 Å². The normalized spacial score (nSPS) is 10.8. The molecule has 1 aromatic heterocycles. The van der Waals surface area contributed by atoms with Gasteiger partial charge in [-0.05, 0) is 36.2 Å². The van der Waals surface area contributed by atoms with Gasteiger partial charge in [-0.3, -0.25) is 4.79 Å². The molecule has 0 aliphatic carbocycles. The van der Waals surface area contributed by atoms with Crippen LogP contribution in [0, 0.1) is 0 Å². The first kappa shape index (κ1) is 34.0. The van der Waals surface area contributed by atoms with Gasteiger partial charge in [-0.25, -0.2) is 0 Å². The molecule has 0 unspecified atom stereocenters. The summed E-state index contributed by atoms with van der Waals surface area (Å²) >= 11 is 1.69. The number of hydrogen-bond donors (Lipinski definition) is 0. The molecule has 0 radical (unpaired) electrons. The third-order valence-electron chi connectivity index (χ3n) is 7.25. The Hall–Kier alpha value is -2.18. The van der Waals surface area contributed by atoms with E-state index in [0.717, 1.165) is 36.6 Å². The summed E-state index contributed by atoms with van der Waals surface area (Å²) in [5, 5.41) is 2.08. The highest BCUT2D eigenvalue weighted by Gasteiger charge is 2.15. The SMILES string of the molecule is CCCCCCCCCCCCCCOc1cccc(CN(C(=O)CC)c2ccc(C[n+]3ccsc3)cc2)c1.[Br-]. The number of anilines is 1. The quantitative estimate of drug-likeness (QED) is 0.112. The van der Waals surface area contributed by atoms with Crippen LogP contribution in [0.5, 0.6) is 5.75 Å². The van der Waals surface area contributed by atoms with Gasteiger partial charge in [-0.2, -0.15) is 4.57 Å². The van der Waals surface area contributed by atoms with Gasteiger partial charge in [0.05, 0.1) is 18.5 Å². The number of ether oxygens (including phenoxy) is 1. The molecule has 1 amide bonds. The van der Waals surface area contributed by atoms with Gasteiger partial charge in [0, 0.05) is 17.7 Å². The molecule has 2 aromatic carbocycles. The summed E-state index contributed by atoms with van der Waals surface area (Å²) in [5.74, 6) is 1.01. The Morgan fingerprint density at radius 1 is 0.825 bits per heavy atom. The molecular formula is C34H49BrN2O2S. The van der Waals surface area contributed by atoms with Crippen molar-refractivity contribution in [1.29, 1.82) is 0 Å². The van der Waals surface area contributed by atoms with Gasteiger partial charge >= 0.3 is 0 Å². The maximum Gasteiger partial charge on any atom is 0.227 e. The van der Waals surface area contributed by atoms with Crippen molar-refractivity contribution in [3.05, 3.63) is 76.7 Å². The second-order valence-corrected chi connectivity index (χ2v) is 11.3. The van der Waals surface area contributed by atoms with Crippen molar-refractivity contribution in [2.45, 2.75) is 110 Å². The van der Waals surface area contributed by atoms with E-state index in [1.807, 2.05) is 24.0 Å². The van der Waals surface area contributed by atoms with E-state index in [4.69, 9.17) is 4.74 Å². The molecule has 0 N–H and O–H groups in total. The summed E-state index contributed by atoms with van der Waals surface area (Å²) in [5.41, 5.74) is 5.35. The Kier molecular flexibility index (Phi) is 17.6. The Morgan fingerprint density at radius 2 is 1.48 bits per heavy atom. The molecule has 1 heterocycles. The smallest absolute Gasteiger partial charge is 0.227 e. The average molecular weight is 630 g/mol. The number of carbonyl (C=O) groups is 1. The van der Waals surface area contributed by atoms with Crippen LogP contribution >= 0.6 is 11.3 Å². The highest BCUT2D eigenvalue weighted by Crippen LogP contribution is 2.22. The first-order chi connectivity index (χ1) is 19.2. The van der Waals surface area contributed by atoms with E-state index >= 15 is 0 Å². The molecule has 3 aromatic rings. The molecule has 0 bridgehead atoms. The number of carbonyl (C=O) groups excluding carboxylic acids is 1. The van der Waals surface area contributed by atoms with Crippen LogP contribution in [0.2, 0.25) is 0 Å². The van der Waals surface area contributed by atoms with E-state index in [1.165, 1.54) is 76.2 Å². The van der Waals surface area contributed by atoms with Crippen LogP contribution in [-0.2, 0) is 17.9 Å². The van der Waals surface area contributed by atoms with Crippen molar-refractivity contribution in [3.8, 4) is 5.75 Å². The molecule has 6 heteroatoms. The van der Waals surface area contributed by atoms with Gasteiger partial charge in [0.1, 0.15) is 5.75 Å². The number of benzene rings is 2. The molecule has 0 saturated carbocycles. The van der Waals surface area contributed by atoms with Crippen molar-refractivity contribution in [2.24, 2.45) is 0 Å². The lowest BCUT2D eigenvalue weighted by atomic mass is 10.1. The zero-order chi connectivity index (χ0) is 27.5. The lowest BCUT2D eigenvalue weighted by molar-refractivity contribution is -0.683. The van der Waals surface area contributed by atoms with Gasteiger partial charge in [-0.15, -0.1) is 0 Å². The molecule has 0 aliphatic rings. The zero-order valence-corrected chi connectivity index (χ0v) is 27.1. The van der Waals surface area contributed by atoms with Crippen LogP contribution in [0.4, 0.5) is 5.69 Å². The fourth-order valence-corrected chi connectivity index (χ4v) is 5.51. The number of unbranched alkanes of at least 4 members (excludes halogenated alkanes) is 11. The highest BCUT2D eigenvalue weighted by atomic mass is 79.9. The van der Waals surface area contributed by atoms with Crippen molar-refractivity contribution in [3.63, 3.8) is 0 Å². The summed E-state index contributed by atoms with van der Waals surface area (Å²) in [7, 11) is 0. The number of aromatic nitrogens is 1. The molecule has 220 valence electrons. The maximum atomic E-state index is 12.8. The van der Waals surface area contributed by atoms with Crippen LogP contribution in [0.3, 0.4) is 0 Å².